The fourth-order valence-corrected chi connectivity index (χ4v) is 3.48. The zero-order chi connectivity index (χ0) is 16.2. The van der Waals surface area contributed by atoms with E-state index in [4.69, 9.17) is 4.74 Å². The van der Waals surface area contributed by atoms with Crippen molar-refractivity contribution in [3.05, 3.63) is 71.3 Å². The van der Waals surface area contributed by atoms with Crippen molar-refractivity contribution in [3.63, 3.8) is 0 Å². The number of nitrogens with zero attached hydrogens (tertiary/aromatic N) is 1. The number of rotatable bonds is 4. The number of hydrogen-bond acceptors (Lipinski definition) is 3. The summed E-state index contributed by atoms with van der Waals surface area (Å²) >= 11 is 0. The lowest BCUT2D eigenvalue weighted by atomic mass is 9.84. The third kappa shape index (κ3) is 3.45. The summed E-state index contributed by atoms with van der Waals surface area (Å²) in [4.78, 5) is 14.2. The number of carbonyl (C=O) groups is 1. The zero-order valence-corrected chi connectivity index (χ0v) is 13.7. The molecule has 2 atom stereocenters. The van der Waals surface area contributed by atoms with Crippen molar-refractivity contribution < 1.29 is 9.53 Å². The van der Waals surface area contributed by atoms with Gasteiger partial charge in [0.2, 0.25) is 0 Å². The predicted molar refractivity (Wildman–Crippen MR) is 91.1 cm³/mol. The van der Waals surface area contributed by atoms with E-state index in [0.717, 1.165) is 13.1 Å². The lowest BCUT2D eigenvalue weighted by Crippen LogP contribution is -2.37. The van der Waals surface area contributed by atoms with E-state index in [0.29, 0.717) is 12.5 Å². The second kappa shape index (κ2) is 6.97. The summed E-state index contributed by atoms with van der Waals surface area (Å²) in [5.41, 5.74) is 3.91. The molecule has 0 radical (unpaired) electrons. The first kappa shape index (κ1) is 15.8. The van der Waals surface area contributed by atoms with Gasteiger partial charge >= 0.3 is 5.97 Å². The molecule has 1 heterocycles. The summed E-state index contributed by atoms with van der Waals surface area (Å²) < 4.78 is 4.89. The second-order valence-corrected chi connectivity index (χ2v) is 6.20. The third-order valence-electron chi connectivity index (χ3n) is 4.76. The fourth-order valence-electron chi connectivity index (χ4n) is 3.48. The molecule has 0 spiro atoms. The molecule has 0 bridgehead atoms. The largest absolute Gasteiger partial charge is 0.469 e. The summed E-state index contributed by atoms with van der Waals surface area (Å²) in [6, 6.07) is 19.3. The van der Waals surface area contributed by atoms with Gasteiger partial charge in [-0.25, -0.2) is 0 Å². The van der Waals surface area contributed by atoms with E-state index in [1.54, 1.807) is 0 Å². The van der Waals surface area contributed by atoms with Crippen molar-refractivity contribution in [1.82, 2.24) is 4.90 Å². The number of hydrogen-bond donors (Lipinski definition) is 0. The van der Waals surface area contributed by atoms with Crippen LogP contribution in [0.4, 0.5) is 0 Å². The third-order valence-corrected chi connectivity index (χ3v) is 4.76. The zero-order valence-electron chi connectivity index (χ0n) is 13.7. The highest BCUT2D eigenvalue weighted by Gasteiger charge is 2.31. The van der Waals surface area contributed by atoms with Crippen molar-refractivity contribution in [2.75, 3.05) is 13.7 Å². The van der Waals surface area contributed by atoms with E-state index in [9.17, 15) is 4.79 Å². The van der Waals surface area contributed by atoms with Crippen LogP contribution in [0.5, 0.6) is 0 Å². The molecule has 2 unspecified atom stereocenters. The van der Waals surface area contributed by atoms with E-state index in [-0.39, 0.29) is 11.9 Å². The molecule has 2 aromatic carbocycles. The summed E-state index contributed by atoms with van der Waals surface area (Å²) in [5, 5.41) is 0. The first-order valence-corrected chi connectivity index (χ1v) is 8.12. The molecule has 1 aliphatic heterocycles. The Morgan fingerprint density at radius 2 is 1.74 bits per heavy atom. The van der Waals surface area contributed by atoms with Crippen LogP contribution in [-0.4, -0.2) is 24.5 Å². The Bertz CT molecular complexity index is 668. The Labute approximate surface area is 137 Å². The van der Waals surface area contributed by atoms with E-state index >= 15 is 0 Å². The van der Waals surface area contributed by atoms with Gasteiger partial charge in [-0.05, 0) is 23.6 Å². The number of esters is 1. The van der Waals surface area contributed by atoms with Crippen LogP contribution in [0.1, 0.15) is 42.0 Å². The molecule has 0 amide bonds. The smallest absolute Gasteiger partial charge is 0.306 e. The second-order valence-electron chi connectivity index (χ2n) is 6.20. The highest BCUT2D eigenvalue weighted by Crippen LogP contribution is 2.38. The maximum absolute atomic E-state index is 11.8. The van der Waals surface area contributed by atoms with Crippen molar-refractivity contribution in [2.45, 2.75) is 31.8 Å². The minimum Gasteiger partial charge on any atom is -0.469 e. The Morgan fingerprint density at radius 3 is 2.43 bits per heavy atom. The predicted octanol–water partition coefficient (Wildman–Crippen LogP) is 3.91. The SMILES string of the molecule is COC(=O)CC1CN(Cc2ccccc2)C(C)c2ccccc21. The molecule has 1 aliphatic rings. The monoisotopic (exact) mass is 309 g/mol. The summed E-state index contributed by atoms with van der Waals surface area (Å²) in [6.07, 6.45) is 0.436. The van der Waals surface area contributed by atoms with Gasteiger partial charge in [0, 0.05) is 25.0 Å². The number of carbonyl (C=O) groups excluding carboxylic acids is 1. The highest BCUT2D eigenvalue weighted by molar-refractivity contribution is 5.70. The molecule has 3 nitrogen and oxygen atoms in total. The van der Waals surface area contributed by atoms with Gasteiger partial charge < -0.3 is 4.74 Å². The molecule has 0 saturated heterocycles. The Kier molecular flexibility index (Phi) is 4.77. The van der Waals surface area contributed by atoms with E-state index in [1.165, 1.54) is 23.8 Å². The topological polar surface area (TPSA) is 29.5 Å². The number of benzene rings is 2. The first-order chi connectivity index (χ1) is 11.2. The average Bonchev–Trinajstić information content (AvgIpc) is 2.60. The van der Waals surface area contributed by atoms with Crippen LogP contribution in [0.3, 0.4) is 0 Å². The van der Waals surface area contributed by atoms with Crippen molar-refractivity contribution >= 4 is 5.97 Å². The van der Waals surface area contributed by atoms with Crippen LogP contribution in [-0.2, 0) is 16.1 Å². The maximum Gasteiger partial charge on any atom is 0.306 e. The van der Waals surface area contributed by atoms with Gasteiger partial charge in [-0.3, -0.25) is 9.69 Å². The summed E-state index contributed by atoms with van der Waals surface area (Å²) in [5.74, 6) is 0.0533. The minimum atomic E-state index is -0.140. The molecule has 0 saturated carbocycles. The van der Waals surface area contributed by atoms with Crippen molar-refractivity contribution in [3.8, 4) is 0 Å². The van der Waals surface area contributed by atoms with Gasteiger partial charge in [0.15, 0.2) is 0 Å². The number of ether oxygens (including phenoxy) is 1. The van der Waals surface area contributed by atoms with Crippen molar-refractivity contribution in [1.29, 1.82) is 0 Å². The molecule has 120 valence electrons. The molecule has 2 aromatic rings. The molecule has 3 rings (SSSR count). The van der Waals surface area contributed by atoms with Gasteiger partial charge in [0.05, 0.1) is 13.5 Å². The van der Waals surface area contributed by atoms with Crippen LogP contribution in [0.2, 0.25) is 0 Å². The van der Waals surface area contributed by atoms with E-state index in [2.05, 4.69) is 60.4 Å². The molecule has 23 heavy (non-hydrogen) atoms. The van der Waals surface area contributed by atoms with E-state index in [1.807, 2.05) is 6.07 Å². The van der Waals surface area contributed by atoms with Gasteiger partial charge in [0.1, 0.15) is 0 Å². The van der Waals surface area contributed by atoms with E-state index < -0.39 is 0 Å². The quantitative estimate of drug-likeness (QED) is 0.802. The molecule has 0 fully saturated rings. The fraction of sp³-hybridized carbons (Fsp3) is 0.350. The Balaban J connectivity index is 1.87. The minimum absolute atomic E-state index is 0.140. The van der Waals surface area contributed by atoms with Crippen LogP contribution in [0, 0.1) is 0 Å². The van der Waals surface area contributed by atoms with Crippen molar-refractivity contribution in [2.24, 2.45) is 0 Å². The number of methoxy groups -OCH3 is 1. The molecule has 0 aromatic heterocycles. The molecule has 0 aliphatic carbocycles. The number of fused-ring (bicyclic) bond motifs is 1. The van der Waals surface area contributed by atoms with Crippen LogP contribution >= 0.6 is 0 Å². The van der Waals surface area contributed by atoms with Gasteiger partial charge in [-0.15, -0.1) is 0 Å². The van der Waals surface area contributed by atoms with Crippen LogP contribution in [0.25, 0.3) is 0 Å². The van der Waals surface area contributed by atoms with Gasteiger partial charge in [0.25, 0.3) is 0 Å². The summed E-state index contributed by atoms with van der Waals surface area (Å²) in [6.45, 7) is 4.02. The Hall–Kier alpha value is -2.13. The molecule has 3 heteroatoms. The molecule has 0 N–H and O–H groups in total. The van der Waals surface area contributed by atoms with Crippen LogP contribution < -0.4 is 0 Å². The maximum atomic E-state index is 11.8. The average molecular weight is 309 g/mol. The van der Waals surface area contributed by atoms with Gasteiger partial charge in [-0.1, -0.05) is 54.6 Å². The lowest BCUT2D eigenvalue weighted by Gasteiger charge is -2.39. The highest BCUT2D eigenvalue weighted by atomic mass is 16.5. The first-order valence-electron chi connectivity index (χ1n) is 8.12. The molecular formula is C20H23NO2. The summed E-state index contributed by atoms with van der Waals surface area (Å²) in [7, 11) is 1.46. The molecular weight excluding hydrogens is 286 g/mol. The lowest BCUT2D eigenvalue weighted by molar-refractivity contribution is -0.141. The Morgan fingerprint density at radius 1 is 1.09 bits per heavy atom. The normalized spacial score (nSPS) is 20.8. The van der Waals surface area contributed by atoms with Crippen LogP contribution in [0.15, 0.2) is 54.6 Å². The standard InChI is InChI=1S/C20H23NO2/c1-15-18-10-6-7-11-19(18)17(12-20(22)23-2)14-21(15)13-16-8-4-3-5-9-16/h3-11,15,17H,12-14H2,1-2H3. The van der Waals surface area contributed by atoms with Gasteiger partial charge in [-0.2, -0.15) is 0 Å².